The van der Waals surface area contributed by atoms with Gasteiger partial charge in [-0.15, -0.1) is 0 Å². The number of aliphatic hydroxyl groups is 1. The number of carbonyl (C=O) groups is 1. The number of ether oxygens (including phenoxy) is 1. The summed E-state index contributed by atoms with van der Waals surface area (Å²) in [6.45, 7) is 0.877. The molecule has 0 unspecified atom stereocenters. The van der Waals surface area contributed by atoms with Crippen LogP contribution in [0.4, 0.5) is 5.82 Å². The third kappa shape index (κ3) is 3.91. The van der Waals surface area contributed by atoms with E-state index in [0.717, 1.165) is 0 Å². The van der Waals surface area contributed by atoms with Gasteiger partial charge in [-0.25, -0.2) is 15.8 Å². The van der Waals surface area contributed by atoms with Gasteiger partial charge in [-0.1, -0.05) is 0 Å². The standard InChI is InChI=1S/C10H17N5O3/c1-18-5-3-15(2-4-16)10(17)8-6-13-9(14-11)7-12-8/h6-7,16H,2-5,11H2,1H3,(H,13,14). The first-order chi connectivity index (χ1) is 8.72. The van der Waals surface area contributed by atoms with Gasteiger partial charge in [0.1, 0.15) is 5.69 Å². The zero-order valence-electron chi connectivity index (χ0n) is 10.2. The first-order valence-corrected chi connectivity index (χ1v) is 5.40. The molecule has 18 heavy (non-hydrogen) atoms. The molecule has 0 aliphatic carbocycles. The number of methoxy groups -OCH3 is 1. The molecule has 0 aromatic carbocycles. The number of aliphatic hydroxyl groups excluding tert-OH is 1. The summed E-state index contributed by atoms with van der Waals surface area (Å²) in [5, 5.41) is 8.92. The minimum atomic E-state index is -0.308. The highest BCUT2D eigenvalue weighted by atomic mass is 16.5. The van der Waals surface area contributed by atoms with Gasteiger partial charge in [0.05, 0.1) is 25.6 Å². The lowest BCUT2D eigenvalue weighted by Gasteiger charge is -2.20. The van der Waals surface area contributed by atoms with E-state index in [9.17, 15) is 4.79 Å². The van der Waals surface area contributed by atoms with E-state index in [-0.39, 0.29) is 24.8 Å². The first kappa shape index (κ1) is 14.3. The van der Waals surface area contributed by atoms with Crippen molar-refractivity contribution >= 4 is 11.7 Å². The van der Waals surface area contributed by atoms with Crippen molar-refractivity contribution in [1.82, 2.24) is 14.9 Å². The number of hydrazine groups is 1. The summed E-state index contributed by atoms with van der Waals surface area (Å²) in [6, 6.07) is 0. The number of hydrogen-bond donors (Lipinski definition) is 3. The van der Waals surface area contributed by atoms with E-state index >= 15 is 0 Å². The summed E-state index contributed by atoms with van der Waals surface area (Å²) in [5.74, 6) is 5.22. The Hall–Kier alpha value is -1.77. The molecule has 0 radical (unpaired) electrons. The molecule has 0 atom stereocenters. The highest BCUT2D eigenvalue weighted by Crippen LogP contribution is 2.03. The van der Waals surface area contributed by atoms with Crippen molar-refractivity contribution in [3.8, 4) is 0 Å². The van der Waals surface area contributed by atoms with Crippen LogP contribution in [0.1, 0.15) is 10.5 Å². The predicted octanol–water partition coefficient (Wildman–Crippen LogP) is -1.16. The molecule has 0 spiro atoms. The van der Waals surface area contributed by atoms with Crippen molar-refractivity contribution in [3.63, 3.8) is 0 Å². The van der Waals surface area contributed by atoms with Crippen LogP contribution in [-0.2, 0) is 4.74 Å². The summed E-state index contributed by atoms with van der Waals surface area (Å²) in [7, 11) is 1.54. The zero-order valence-corrected chi connectivity index (χ0v) is 10.2. The van der Waals surface area contributed by atoms with E-state index in [4.69, 9.17) is 15.7 Å². The maximum Gasteiger partial charge on any atom is 0.274 e. The number of carbonyl (C=O) groups excluding carboxylic acids is 1. The molecule has 1 heterocycles. The summed E-state index contributed by atoms with van der Waals surface area (Å²) in [5.41, 5.74) is 2.52. The Morgan fingerprint density at radius 1 is 1.50 bits per heavy atom. The van der Waals surface area contributed by atoms with Crippen LogP contribution in [0.3, 0.4) is 0 Å². The molecular weight excluding hydrogens is 238 g/mol. The van der Waals surface area contributed by atoms with Gasteiger partial charge < -0.3 is 20.2 Å². The average molecular weight is 255 g/mol. The van der Waals surface area contributed by atoms with Gasteiger partial charge in [-0.3, -0.25) is 4.79 Å². The fourth-order valence-electron chi connectivity index (χ4n) is 1.31. The first-order valence-electron chi connectivity index (χ1n) is 5.40. The molecule has 1 rings (SSSR count). The van der Waals surface area contributed by atoms with Crippen molar-refractivity contribution in [2.24, 2.45) is 5.84 Å². The van der Waals surface area contributed by atoms with Crippen molar-refractivity contribution < 1.29 is 14.6 Å². The average Bonchev–Trinajstić information content (AvgIpc) is 2.43. The number of hydrogen-bond acceptors (Lipinski definition) is 7. The third-order valence-corrected chi connectivity index (χ3v) is 2.24. The number of nitrogens with zero attached hydrogens (tertiary/aromatic N) is 3. The van der Waals surface area contributed by atoms with E-state index in [0.29, 0.717) is 19.0 Å². The number of nitrogen functional groups attached to an aromatic ring is 1. The Kier molecular flexibility index (Phi) is 5.98. The van der Waals surface area contributed by atoms with Crippen LogP contribution in [0.5, 0.6) is 0 Å². The van der Waals surface area contributed by atoms with Gasteiger partial charge in [0.2, 0.25) is 0 Å². The molecule has 8 nitrogen and oxygen atoms in total. The highest BCUT2D eigenvalue weighted by molar-refractivity contribution is 5.92. The molecule has 0 saturated heterocycles. The third-order valence-electron chi connectivity index (χ3n) is 2.24. The Bertz CT molecular complexity index is 370. The molecule has 0 fully saturated rings. The molecule has 100 valence electrons. The second-order valence-electron chi connectivity index (χ2n) is 3.44. The Morgan fingerprint density at radius 2 is 2.28 bits per heavy atom. The summed E-state index contributed by atoms with van der Waals surface area (Å²) in [6.07, 6.45) is 2.69. The Morgan fingerprint density at radius 3 is 2.78 bits per heavy atom. The molecule has 1 aromatic heterocycles. The van der Waals surface area contributed by atoms with Crippen molar-refractivity contribution in [2.75, 3.05) is 38.8 Å². The van der Waals surface area contributed by atoms with Crippen LogP contribution in [0.15, 0.2) is 12.4 Å². The smallest absolute Gasteiger partial charge is 0.274 e. The van der Waals surface area contributed by atoms with Crippen LogP contribution in [0.25, 0.3) is 0 Å². The van der Waals surface area contributed by atoms with E-state index in [1.165, 1.54) is 17.3 Å². The molecular formula is C10H17N5O3. The van der Waals surface area contributed by atoms with Crippen molar-refractivity contribution in [3.05, 3.63) is 18.1 Å². The van der Waals surface area contributed by atoms with E-state index < -0.39 is 0 Å². The maximum atomic E-state index is 12.0. The quantitative estimate of drug-likeness (QED) is 0.416. The topological polar surface area (TPSA) is 114 Å². The normalized spacial score (nSPS) is 10.2. The number of anilines is 1. The van der Waals surface area contributed by atoms with Crippen molar-refractivity contribution in [2.45, 2.75) is 0 Å². The zero-order chi connectivity index (χ0) is 13.4. The second-order valence-corrected chi connectivity index (χ2v) is 3.44. The highest BCUT2D eigenvalue weighted by Gasteiger charge is 2.16. The maximum absolute atomic E-state index is 12.0. The molecule has 0 aliphatic rings. The molecule has 4 N–H and O–H groups in total. The minimum absolute atomic E-state index is 0.120. The van der Waals surface area contributed by atoms with E-state index in [1.54, 1.807) is 7.11 Å². The number of nitrogens with two attached hydrogens (primary N) is 1. The lowest BCUT2D eigenvalue weighted by atomic mass is 10.3. The minimum Gasteiger partial charge on any atom is -0.395 e. The van der Waals surface area contributed by atoms with Crippen molar-refractivity contribution in [1.29, 1.82) is 0 Å². The summed E-state index contributed by atoms with van der Waals surface area (Å²) in [4.78, 5) is 21.3. The molecule has 1 aromatic rings. The Balaban J connectivity index is 2.73. The van der Waals surface area contributed by atoms with Gasteiger partial charge in [0, 0.05) is 20.2 Å². The van der Waals surface area contributed by atoms with Gasteiger partial charge >= 0.3 is 0 Å². The van der Waals surface area contributed by atoms with Crippen LogP contribution in [0, 0.1) is 0 Å². The number of aromatic nitrogens is 2. The lowest BCUT2D eigenvalue weighted by molar-refractivity contribution is 0.0650. The fourth-order valence-corrected chi connectivity index (χ4v) is 1.31. The molecule has 1 amide bonds. The molecule has 8 heteroatoms. The summed E-state index contributed by atoms with van der Waals surface area (Å²) < 4.78 is 4.90. The van der Waals surface area contributed by atoms with Gasteiger partial charge in [-0.05, 0) is 0 Å². The number of nitrogens with one attached hydrogen (secondary N) is 1. The van der Waals surface area contributed by atoms with E-state index in [2.05, 4.69) is 15.4 Å². The number of amides is 1. The predicted molar refractivity (Wildman–Crippen MR) is 64.7 cm³/mol. The Labute approximate surface area is 105 Å². The van der Waals surface area contributed by atoms with Crippen LogP contribution in [0.2, 0.25) is 0 Å². The molecule has 0 bridgehead atoms. The van der Waals surface area contributed by atoms with Crippen LogP contribution >= 0.6 is 0 Å². The SMILES string of the molecule is COCCN(CCO)C(=O)c1cnc(NN)cn1. The lowest BCUT2D eigenvalue weighted by Crippen LogP contribution is -2.36. The van der Waals surface area contributed by atoms with Gasteiger partial charge in [-0.2, -0.15) is 0 Å². The van der Waals surface area contributed by atoms with Crippen LogP contribution in [-0.4, -0.2) is 59.3 Å². The molecule has 0 aliphatic heterocycles. The second kappa shape index (κ2) is 7.54. The van der Waals surface area contributed by atoms with E-state index in [1.807, 2.05) is 0 Å². The molecule has 0 saturated carbocycles. The van der Waals surface area contributed by atoms with Crippen LogP contribution < -0.4 is 11.3 Å². The monoisotopic (exact) mass is 255 g/mol. The summed E-state index contributed by atoms with van der Waals surface area (Å²) >= 11 is 0. The fraction of sp³-hybridized carbons (Fsp3) is 0.500. The number of rotatable bonds is 7. The largest absolute Gasteiger partial charge is 0.395 e. The van der Waals surface area contributed by atoms with Gasteiger partial charge in [0.15, 0.2) is 5.82 Å². The van der Waals surface area contributed by atoms with Gasteiger partial charge in [0.25, 0.3) is 5.91 Å².